The maximum atomic E-state index is 12.8. The molecule has 1 aliphatic rings. The van der Waals surface area contributed by atoms with Crippen molar-refractivity contribution in [2.24, 2.45) is 0 Å². The van der Waals surface area contributed by atoms with Gasteiger partial charge in [-0.3, -0.25) is 0 Å². The van der Waals surface area contributed by atoms with Gasteiger partial charge in [0, 0.05) is 0 Å². The van der Waals surface area contributed by atoms with E-state index in [-0.39, 0.29) is 0 Å². The molecule has 1 saturated heterocycles. The van der Waals surface area contributed by atoms with Crippen molar-refractivity contribution in [3.05, 3.63) is 0 Å². The van der Waals surface area contributed by atoms with Gasteiger partial charge in [-0.2, -0.15) is 27.9 Å². The molecule has 0 aromatic carbocycles. The molecule has 0 aromatic rings. The zero-order chi connectivity index (χ0) is 16.1. The van der Waals surface area contributed by atoms with Gasteiger partial charge < -0.3 is 25.2 Å². The standard InChI is InChI=1S/C7H11F3O9P/c8-7(9,10)6(15)2(12)1(11)4(13)19-3(6)5(14)20(16,17)18/h1-4,11-13,15-18H/q+1/t1-,2+,3+,4?,6-/m0/s1. The second kappa shape index (κ2) is 5.09. The molecular formula is C7H11F3O9P+. The Hall–Kier alpha value is -0.430. The minimum Gasteiger partial charge on any atom is -0.387 e. The van der Waals surface area contributed by atoms with E-state index in [2.05, 4.69) is 4.74 Å². The summed E-state index contributed by atoms with van der Waals surface area (Å²) in [6.45, 7) is 0. The Morgan fingerprint density at radius 2 is 1.60 bits per heavy atom. The highest BCUT2D eigenvalue weighted by Crippen LogP contribution is 2.52. The van der Waals surface area contributed by atoms with Crippen LogP contribution in [0, 0.1) is 0 Å². The Morgan fingerprint density at radius 3 is 1.95 bits per heavy atom. The Bertz CT molecular complexity index is 396. The van der Waals surface area contributed by atoms with E-state index in [1.54, 1.807) is 0 Å². The third-order valence-corrected chi connectivity index (χ3v) is 3.54. The number of alkyl halides is 3. The highest BCUT2D eigenvalue weighted by atomic mass is 31.2. The van der Waals surface area contributed by atoms with Crippen LogP contribution in [0.5, 0.6) is 0 Å². The predicted molar refractivity (Wildman–Crippen MR) is 52.5 cm³/mol. The fourth-order valence-electron chi connectivity index (χ4n) is 1.62. The van der Waals surface area contributed by atoms with E-state index in [4.69, 9.17) is 24.9 Å². The average Bonchev–Trinajstić information content (AvgIpc) is 2.27. The first-order valence-corrected chi connectivity index (χ1v) is 6.49. The molecule has 0 radical (unpaired) electrons. The fourth-order valence-corrected chi connectivity index (χ4v) is 2.19. The number of halogens is 3. The van der Waals surface area contributed by atoms with Gasteiger partial charge in [0.2, 0.25) is 11.7 Å². The number of hydrogen-bond donors (Lipinski definition) is 7. The van der Waals surface area contributed by atoms with Crippen LogP contribution >= 0.6 is 7.94 Å². The third-order valence-electron chi connectivity index (χ3n) is 2.72. The zero-order valence-corrected chi connectivity index (χ0v) is 10.2. The van der Waals surface area contributed by atoms with Crippen molar-refractivity contribution < 1.29 is 57.8 Å². The van der Waals surface area contributed by atoms with Gasteiger partial charge in [0.15, 0.2) is 6.29 Å². The van der Waals surface area contributed by atoms with E-state index in [1.807, 2.05) is 0 Å². The summed E-state index contributed by atoms with van der Waals surface area (Å²) in [5.41, 5.74) is -6.84. The molecule has 0 saturated carbocycles. The molecule has 1 aliphatic heterocycles. The lowest BCUT2D eigenvalue weighted by Gasteiger charge is -2.45. The number of aliphatic hydroxyl groups excluding tert-OH is 3. The lowest BCUT2D eigenvalue weighted by molar-refractivity contribution is -0.379. The predicted octanol–water partition coefficient (Wildman–Crippen LogP) is -3.02. The highest BCUT2D eigenvalue weighted by molar-refractivity contribution is 7.76. The average molecular weight is 327 g/mol. The molecule has 1 fully saturated rings. The number of aliphatic hydroxyl groups is 4. The van der Waals surface area contributed by atoms with Gasteiger partial charge in [-0.15, -0.1) is 0 Å². The van der Waals surface area contributed by atoms with Crippen molar-refractivity contribution in [1.29, 1.82) is 0 Å². The SMILES string of the molecule is O=C([C@H]1OC(O)[C@@H](O)[C@@H](O)[C@@]1(O)C(F)(F)F)[P+](O)(O)O. The Balaban J connectivity index is 3.35. The number of rotatable bonds is 2. The fraction of sp³-hybridized carbons (Fsp3) is 0.857. The second-order valence-corrected chi connectivity index (χ2v) is 5.65. The van der Waals surface area contributed by atoms with Gasteiger partial charge >= 0.3 is 19.6 Å². The molecule has 118 valence electrons. The molecule has 0 aliphatic carbocycles. The zero-order valence-electron chi connectivity index (χ0n) is 9.34. The summed E-state index contributed by atoms with van der Waals surface area (Å²) in [7, 11) is -5.53. The maximum Gasteiger partial charge on any atom is 0.481 e. The summed E-state index contributed by atoms with van der Waals surface area (Å²) in [6, 6.07) is 0. The summed E-state index contributed by atoms with van der Waals surface area (Å²) in [6.07, 6.45) is -17.3. The Labute approximate surface area is 109 Å². The number of carbonyl (C=O) groups is 1. The minimum absolute atomic E-state index is 2.39. The molecule has 7 N–H and O–H groups in total. The minimum atomic E-state index is -5.76. The summed E-state index contributed by atoms with van der Waals surface area (Å²) in [4.78, 5) is 37.3. The molecule has 1 unspecified atom stereocenters. The van der Waals surface area contributed by atoms with E-state index >= 15 is 0 Å². The van der Waals surface area contributed by atoms with Crippen molar-refractivity contribution in [2.75, 3.05) is 0 Å². The first-order chi connectivity index (χ1) is 8.74. The summed E-state index contributed by atoms with van der Waals surface area (Å²) in [5, 5.41) is 36.8. The first-order valence-electron chi connectivity index (χ1n) is 4.85. The van der Waals surface area contributed by atoms with E-state index in [0.29, 0.717) is 0 Å². The van der Waals surface area contributed by atoms with Gasteiger partial charge in [-0.05, 0) is 0 Å². The molecular weight excluding hydrogens is 316 g/mol. The smallest absolute Gasteiger partial charge is 0.387 e. The summed E-state index contributed by atoms with van der Waals surface area (Å²) in [5.74, 6) is 0. The molecule has 13 heteroatoms. The molecule has 9 nitrogen and oxygen atoms in total. The molecule has 0 amide bonds. The lowest BCUT2D eigenvalue weighted by atomic mass is 9.84. The van der Waals surface area contributed by atoms with E-state index in [0.717, 1.165) is 0 Å². The van der Waals surface area contributed by atoms with Gasteiger partial charge in [-0.1, -0.05) is 0 Å². The van der Waals surface area contributed by atoms with E-state index in [9.17, 15) is 28.2 Å². The van der Waals surface area contributed by atoms with Crippen LogP contribution in [0.4, 0.5) is 13.2 Å². The summed E-state index contributed by atoms with van der Waals surface area (Å²) < 4.78 is 42.4. The first kappa shape index (κ1) is 17.6. The van der Waals surface area contributed by atoms with Crippen LogP contribution < -0.4 is 0 Å². The normalized spacial score (nSPS) is 39.7. The third kappa shape index (κ3) is 2.66. The number of carbonyl (C=O) groups excluding carboxylic acids is 1. The van der Waals surface area contributed by atoms with Crippen molar-refractivity contribution in [2.45, 2.75) is 36.4 Å². The largest absolute Gasteiger partial charge is 0.481 e. The van der Waals surface area contributed by atoms with Crippen LogP contribution in [-0.2, 0) is 9.53 Å². The van der Waals surface area contributed by atoms with Crippen LogP contribution in [0.15, 0.2) is 0 Å². The number of hydrogen-bond acceptors (Lipinski definition) is 9. The van der Waals surface area contributed by atoms with Gasteiger partial charge in [0.1, 0.15) is 12.2 Å². The molecule has 20 heavy (non-hydrogen) atoms. The number of ether oxygens (including phenoxy) is 1. The monoisotopic (exact) mass is 327 g/mol. The van der Waals surface area contributed by atoms with Crippen LogP contribution in [-0.4, -0.2) is 77.0 Å². The van der Waals surface area contributed by atoms with Gasteiger partial charge in [0.05, 0.1) is 0 Å². The van der Waals surface area contributed by atoms with Crippen molar-refractivity contribution >= 4 is 13.5 Å². The van der Waals surface area contributed by atoms with Crippen molar-refractivity contribution in [3.8, 4) is 0 Å². The van der Waals surface area contributed by atoms with Crippen LogP contribution in [0.3, 0.4) is 0 Å². The maximum absolute atomic E-state index is 12.8. The molecule has 0 aromatic heterocycles. The molecule has 1 rings (SSSR count). The highest BCUT2D eigenvalue weighted by Gasteiger charge is 2.74. The van der Waals surface area contributed by atoms with Crippen LogP contribution in [0.1, 0.15) is 0 Å². The van der Waals surface area contributed by atoms with Crippen LogP contribution in [0.25, 0.3) is 0 Å². The second-order valence-electron chi connectivity index (χ2n) is 4.07. The molecule has 0 spiro atoms. The van der Waals surface area contributed by atoms with E-state index < -0.39 is 49.8 Å². The Morgan fingerprint density at radius 1 is 1.15 bits per heavy atom. The molecule has 0 bridgehead atoms. The molecule has 1 heterocycles. The Kier molecular flexibility index (Phi) is 4.48. The van der Waals surface area contributed by atoms with Crippen molar-refractivity contribution in [1.82, 2.24) is 0 Å². The summed E-state index contributed by atoms with van der Waals surface area (Å²) >= 11 is 0. The quantitative estimate of drug-likeness (QED) is 0.261. The van der Waals surface area contributed by atoms with Gasteiger partial charge in [-0.25, -0.2) is 4.79 Å². The van der Waals surface area contributed by atoms with Crippen molar-refractivity contribution in [3.63, 3.8) is 0 Å². The van der Waals surface area contributed by atoms with Crippen LogP contribution in [0.2, 0.25) is 0 Å². The lowest BCUT2D eigenvalue weighted by Crippen LogP contribution is -2.73. The van der Waals surface area contributed by atoms with Gasteiger partial charge in [0.25, 0.3) is 0 Å². The molecule has 5 atom stereocenters. The van der Waals surface area contributed by atoms with E-state index in [1.165, 1.54) is 0 Å². The topological polar surface area (TPSA) is 168 Å².